The topological polar surface area (TPSA) is 102 Å². The molecule has 0 aromatic carbocycles. The van der Waals surface area contributed by atoms with Gasteiger partial charge in [-0.15, -0.1) is 11.3 Å². The lowest BCUT2D eigenvalue weighted by Gasteiger charge is -2.19. The van der Waals surface area contributed by atoms with Crippen LogP contribution in [0, 0.1) is 0 Å². The number of hydrogen-bond donors (Lipinski definition) is 1. The van der Waals surface area contributed by atoms with Gasteiger partial charge in [-0.25, -0.2) is 9.59 Å². The molecule has 0 aliphatic rings. The Labute approximate surface area is 157 Å². The van der Waals surface area contributed by atoms with Crippen molar-refractivity contribution in [3.8, 4) is 0 Å². The van der Waals surface area contributed by atoms with E-state index in [4.69, 9.17) is 9.47 Å². The van der Waals surface area contributed by atoms with Crippen LogP contribution in [0.2, 0.25) is 0 Å². The zero-order chi connectivity index (χ0) is 19.0. The average molecular weight is 435 g/mol. The Balaban J connectivity index is 2.71. The molecule has 0 bridgehead atoms. The molecule has 0 atom stereocenters. The van der Waals surface area contributed by atoms with E-state index in [2.05, 4.69) is 21.2 Å². The summed E-state index contributed by atoms with van der Waals surface area (Å²) in [5.74, 6) is -2.86. The number of likely N-dealkylation sites (N-methyl/N-ethyl adjacent to an activating group) is 1. The monoisotopic (exact) mass is 434 g/mol. The summed E-state index contributed by atoms with van der Waals surface area (Å²) < 4.78 is 10.3. The van der Waals surface area contributed by atoms with Gasteiger partial charge in [0, 0.05) is 7.05 Å². The van der Waals surface area contributed by atoms with Gasteiger partial charge in [-0.1, -0.05) is 0 Å². The smallest absolute Gasteiger partial charge is 0.340 e. The van der Waals surface area contributed by atoms with E-state index in [-0.39, 0.29) is 25.7 Å². The molecule has 0 saturated heterocycles. The quantitative estimate of drug-likeness (QED) is 0.486. The highest BCUT2D eigenvalue weighted by Crippen LogP contribution is 2.22. The number of rotatable bonds is 8. The lowest BCUT2D eigenvalue weighted by Crippen LogP contribution is -2.51. The van der Waals surface area contributed by atoms with E-state index in [0.717, 1.165) is 3.79 Å². The van der Waals surface area contributed by atoms with Crippen molar-refractivity contribution in [2.75, 3.05) is 26.8 Å². The summed E-state index contributed by atoms with van der Waals surface area (Å²) in [6.45, 7) is 2.93. The Hall–Kier alpha value is -1.94. The van der Waals surface area contributed by atoms with Crippen molar-refractivity contribution >= 4 is 51.0 Å². The Bertz CT molecular complexity index is 630. The second kappa shape index (κ2) is 10.1. The summed E-state index contributed by atoms with van der Waals surface area (Å²) in [4.78, 5) is 49.6. The molecule has 0 aliphatic carbocycles. The van der Waals surface area contributed by atoms with E-state index in [1.807, 2.05) is 0 Å². The van der Waals surface area contributed by atoms with E-state index in [1.165, 1.54) is 23.3 Å². The number of amides is 2. The number of carbonyl (C=O) groups excluding carboxylic acids is 4. The molecular weight excluding hydrogens is 416 g/mol. The number of esters is 2. The van der Waals surface area contributed by atoms with Crippen LogP contribution >= 0.6 is 27.3 Å². The summed E-state index contributed by atoms with van der Waals surface area (Å²) in [6.07, 6.45) is 0. The third-order valence-electron chi connectivity index (χ3n) is 2.86. The average Bonchev–Trinajstić information content (AvgIpc) is 2.98. The maximum Gasteiger partial charge on any atom is 0.340 e. The number of halogens is 1. The van der Waals surface area contributed by atoms with Crippen molar-refractivity contribution in [2.45, 2.75) is 19.9 Å². The van der Waals surface area contributed by atoms with E-state index >= 15 is 0 Å². The standard InChI is InChI=1S/C15H19BrN2O6S/c1-4-23-14(21)12(15(22)24-5-2)17-11(19)8-18(3)13(20)9-6-7-10(16)25-9/h6-7,12H,4-5,8H2,1-3H3,(H,17,19). The van der Waals surface area contributed by atoms with Crippen LogP contribution in [-0.4, -0.2) is 61.5 Å². The fraction of sp³-hybridized carbons (Fsp3) is 0.467. The highest BCUT2D eigenvalue weighted by molar-refractivity contribution is 9.11. The molecule has 0 unspecified atom stereocenters. The Morgan fingerprint density at radius 2 is 1.72 bits per heavy atom. The molecule has 1 N–H and O–H groups in total. The van der Waals surface area contributed by atoms with Gasteiger partial charge < -0.3 is 19.7 Å². The van der Waals surface area contributed by atoms with Crippen LogP contribution < -0.4 is 5.32 Å². The predicted octanol–water partition coefficient (Wildman–Crippen LogP) is 1.19. The van der Waals surface area contributed by atoms with E-state index in [9.17, 15) is 19.2 Å². The number of thiophene rings is 1. The molecule has 0 spiro atoms. The van der Waals surface area contributed by atoms with Crippen molar-refractivity contribution in [1.29, 1.82) is 0 Å². The summed E-state index contributed by atoms with van der Waals surface area (Å²) >= 11 is 4.49. The number of nitrogens with one attached hydrogen (secondary N) is 1. The van der Waals surface area contributed by atoms with Gasteiger partial charge >= 0.3 is 11.9 Å². The molecule has 1 aromatic rings. The minimum Gasteiger partial charge on any atom is -0.464 e. The van der Waals surface area contributed by atoms with Gasteiger partial charge in [0.25, 0.3) is 5.91 Å². The van der Waals surface area contributed by atoms with Crippen molar-refractivity contribution in [3.63, 3.8) is 0 Å². The first-order chi connectivity index (χ1) is 11.8. The fourth-order valence-corrected chi connectivity index (χ4v) is 3.16. The molecular formula is C15H19BrN2O6S. The maximum absolute atomic E-state index is 12.2. The number of hydrogen-bond acceptors (Lipinski definition) is 7. The predicted molar refractivity (Wildman–Crippen MR) is 94.2 cm³/mol. The Morgan fingerprint density at radius 3 is 2.16 bits per heavy atom. The lowest BCUT2D eigenvalue weighted by atomic mass is 10.3. The molecule has 0 saturated carbocycles. The molecule has 8 nitrogen and oxygen atoms in total. The van der Waals surface area contributed by atoms with Crippen molar-refractivity contribution in [1.82, 2.24) is 10.2 Å². The van der Waals surface area contributed by atoms with E-state index in [1.54, 1.807) is 26.0 Å². The molecule has 0 fully saturated rings. The van der Waals surface area contributed by atoms with E-state index < -0.39 is 23.9 Å². The van der Waals surface area contributed by atoms with Gasteiger partial charge in [0.1, 0.15) is 0 Å². The van der Waals surface area contributed by atoms with E-state index in [0.29, 0.717) is 4.88 Å². The fourth-order valence-electron chi connectivity index (χ4n) is 1.78. The summed E-state index contributed by atoms with van der Waals surface area (Å²) in [5.41, 5.74) is 0. The molecule has 1 heterocycles. The molecule has 25 heavy (non-hydrogen) atoms. The molecule has 1 aromatic heterocycles. The molecule has 2 amide bonds. The third kappa shape index (κ3) is 6.46. The second-order valence-electron chi connectivity index (χ2n) is 4.77. The van der Waals surface area contributed by atoms with Crippen molar-refractivity contribution < 1.29 is 28.7 Å². The molecule has 0 aliphatic heterocycles. The first kappa shape index (κ1) is 21.1. The van der Waals surface area contributed by atoms with Crippen LogP contribution in [0.3, 0.4) is 0 Å². The van der Waals surface area contributed by atoms with Gasteiger partial charge in [-0.05, 0) is 41.9 Å². The van der Waals surface area contributed by atoms with Crippen LogP contribution in [0.25, 0.3) is 0 Å². The van der Waals surface area contributed by atoms with Gasteiger partial charge in [-0.3, -0.25) is 9.59 Å². The first-order valence-electron chi connectivity index (χ1n) is 7.43. The zero-order valence-corrected chi connectivity index (χ0v) is 16.4. The first-order valence-corrected chi connectivity index (χ1v) is 9.04. The van der Waals surface area contributed by atoms with Gasteiger partial charge in [-0.2, -0.15) is 0 Å². The van der Waals surface area contributed by atoms with Crippen LogP contribution in [0.4, 0.5) is 0 Å². The molecule has 1 rings (SSSR count). The van der Waals surface area contributed by atoms with Crippen LogP contribution in [-0.2, 0) is 23.9 Å². The van der Waals surface area contributed by atoms with Crippen LogP contribution in [0.15, 0.2) is 15.9 Å². The second-order valence-corrected chi connectivity index (χ2v) is 7.23. The number of carbonyl (C=O) groups is 4. The number of ether oxygens (including phenoxy) is 2. The highest BCUT2D eigenvalue weighted by Gasteiger charge is 2.31. The molecule has 138 valence electrons. The van der Waals surface area contributed by atoms with Crippen LogP contribution in [0.1, 0.15) is 23.5 Å². The molecule has 10 heteroatoms. The minimum atomic E-state index is -1.56. The van der Waals surface area contributed by atoms with Crippen molar-refractivity contribution in [3.05, 3.63) is 20.8 Å². The lowest BCUT2D eigenvalue weighted by molar-refractivity contribution is -0.159. The molecule has 0 radical (unpaired) electrons. The minimum absolute atomic E-state index is 0.0518. The maximum atomic E-state index is 12.2. The zero-order valence-electron chi connectivity index (χ0n) is 14.0. The highest BCUT2D eigenvalue weighted by atomic mass is 79.9. The summed E-state index contributed by atoms with van der Waals surface area (Å²) in [6, 6.07) is 1.79. The van der Waals surface area contributed by atoms with Crippen LogP contribution in [0.5, 0.6) is 0 Å². The van der Waals surface area contributed by atoms with Crippen molar-refractivity contribution in [2.24, 2.45) is 0 Å². The normalized spacial score (nSPS) is 10.3. The SMILES string of the molecule is CCOC(=O)C(NC(=O)CN(C)C(=O)c1ccc(Br)s1)C(=O)OCC. The largest absolute Gasteiger partial charge is 0.464 e. The third-order valence-corrected chi connectivity index (χ3v) is 4.47. The number of nitrogens with zero attached hydrogens (tertiary/aromatic N) is 1. The van der Waals surface area contributed by atoms with Gasteiger partial charge in [0.2, 0.25) is 11.9 Å². The van der Waals surface area contributed by atoms with Gasteiger partial charge in [0.15, 0.2) is 0 Å². The van der Waals surface area contributed by atoms with Gasteiger partial charge in [0.05, 0.1) is 28.4 Å². The summed E-state index contributed by atoms with van der Waals surface area (Å²) in [7, 11) is 1.44. The Kier molecular flexibility index (Phi) is 8.56. The summed E-state index contributed by atoms with van der Waals surface area (Å²) in [5, 5.41) is 2.24. The Morgan fingerprint density at radius 1 is 1.16 bits per heavy atom.